The van der Waals surface area contributed by atoms with Crippen molar-refractivity contribution in [3.63, 3.8) is 0 Å². The summed E-state index contributed by atoms with van der Waals surface area (Å²) in [6, 6.07) is 0. The second-order valence-electron chi connectivity index (χ2n) is 6.38. The molecular weight excluding hydrogens is 280 g/mol. The lowest BCUT2D eigenvalue weighted by Crippen LogP contribution is -2.44. The molecule has 0 N–H and O–H groups in total. The number of hydrogen-bond acceptors (Lipinski definition) is 4. The lowest BCUT2D eigenvalue weighted by atomic mass is 9.92. The molecule has 22 heavy (non-hydrogen) atoms. The Labute approximate surface area is 135 Å². The Morgan fingerprint density at radius 1 is 0.909 bits per heavy atom. The predicted octanol–water partition coefficient (Wildman–Crippen LogP) is 4.79. The maximum absolute atomic E-state index is 11.3. The van der Waals surface area contributed by atoms with Gasteiger partial charge in [0, 0.05) is 13.8 Å². The quantitative estimate of drug-likeness (QED) is 0.384. The summed E-state index contributed by atoms with van der Waals surface area (Å²) in [6.45, 7) is 8.63. The molecule has 0 heterocycles. The highest BCUT2D eigenvalue weighted by Crippen LogP contribution is 2.26. The molecule has 0 saturated carbocycles. The molecular formula is C18H34O4. The highest BCUT2D eigenvalue weighted by atomic mass is 16.6. The van der Waals surface area contributed by atoms with Crippen LogP contribution in [0.1, 0.15) is 92.4 Å². The fourth-order valence-corrected chi connectivity index (χ4v) is 2.65. The normalized spacial score (nSPS) is 15.0. The molecule has 0 saturated heterocycles. The SMILES string of the molecule is CCCCCCCCCC[C@@](C)(OC(C)=O)[C@@H](C)OC(C)=O. The lowest BCUT2D eigenvalue weighted by Gasteiger charge is -2.34. The van der Waals surface area contributed by atoms with E-state index in [1.807, 2.05) is 6.92 Å². The number of carbonyl (C=O) groups excluding carboxylic acids is 2. The van der Waals surface area contributed by atoms with Crippen LogP contribution in [0.3, 0.4) is 0 Å². The van der Waals surface area contributed by atoms with Crippen molar-refractivity contribution in [2.75, 3.05) is 0 Å². The van der Waals surface area contributed by atoms with Crippen LogP contribution >= 0.6 is 0 Å². The first-order chi connectivity index (χ1) is 10.3. The summed E-state index contributed by atoms with van der Waals surface area (Å²) in [5.74, 6) is -0.678. The van der Waals surface area contributed by atoms with Crippen LogP contribution in [0.2, 0.25) is 0 Å². The first-order valence-electron chi connectivity index (χ1n) is 8.68. The molecule has 0 spiro atoms. The van der Waals surface area contributed by atoms with Gasteiger partial charge in [-0.3, -0.25) is 9.59 Å². The summed E-state index contributed by atoms with van der Waals surface area (Å²) in [5.41, 5.74) is -0.736. The van der Waals surface area contributed by atoms with E-state index in [1.54, 1.807) is 6.92 Å². The Morgan fingerprint density at radius 3 is 1.86 bits per heavy atom. The molecule has 0 rings (SSSR count). The van der Waals surface area contributed by atoms with E-state index in [0.717, 1.165) is 19.3 Å². The zero-order valence-corrected chi connectivity index (χ0v) is 15.1. The minimum Gasteiger partial charge on any atom is -0.459 e. The molecule has 0 radical (unpaired) electrons. The third kappa shape index (κ3) is 9.80. The van der Waals surface area contributed by atoms with E-state index in [1.165, 1.54) is 52.4 Å². The van der Waals surface area contributed by atoms with Gasteiger partial charge in [-0.15, -0.1) is 0 Å². The lowest BCUT2D eigenvalue weighted by molar-refractivity contribution is -0.180. The minimum atomic E-state index is -0.736. The first kappa shape index (κ1) is 20.9. The van der Waals surface area contributed by atoms with E-state index in [4.69, 9.17) is 9.47 Å². The number of unbranched alkanes of at least 4 members (excludes halogenated alkanes) is 7. The first-order valence-corrected chi connectivity index (χ1v) is 8.68. The van der Waals surface area contributed by atoms with Crippen LogP contribution < -0.4 is 0 Å². The summed E-state index contributed by atoms with van der Waals surface area (Å²) in [5, 5.41) is 0. The Hall–Kier alpha value is -1.06. The Bertz CT molecular complexity index is 327. The molecule has 0 aromatic heterocycles. The molecule has 4 heteroatoms. The zero-order valence-electron chi connectivity index (χ0n) is 15.1. The molecule has 0 aliphatic carbocycles. The average Bonchev–Trinajstić information content (AvgIpc) is 2.40. The number of carbonyl (C=O) groups is 2. The van der Waals surface area contributed by atoms with Gasteiger partial charge in [0.2, 0.25) is 0 Å². The largest absolute Gasteiger partial charge is 0.459 e. The molecule has 2 atom stereocenters. The average molecular weight is 314 g/mol. The second-order valence-corrected chi connectivity index (χ2v) is 6.38. The van der Waals surface area contributed by atoms with Crippen LogP contribution in [0.5, 0.6) is 0 Å². The molecule has 4 nitrogen and oxygen atoms in total. The molecule has 0 bridgehead atoms. The van der Waals surface area contributed by atoms with Gasteiger partial charge in [-0.1, -0.05) is 51.9 Å². The molecule has 0 amide bonds. The van der Waals surface area contributed by atoms with E-state index in [-0.39, 0.29) is 11.9 Å². The molecule has 0 aliphatic rings. The topological polar surface area (TPSA) is 52.6 Å². The Balaban J connectivity index is 4.14. The van der Waals surface area contributed by atoms with Crippen LogP contribution in [-0.2, 0) is 19.1 Å². The summed E-state index contributed by atoms with van der Waals surface area (Å²) >= 11 is 0. The Morgan fingerprint density at radius 2 is 1.41 bits per heavy atom. The van der Waals surface area contributed by atoms with Crippen molar-refractivity contribution < 1.29 is 19.1 Å². The molecule has 130 valence electrons. The second kappa shape index (κ2) is 11.5. The van der Waals surface area contributed by atoms with Gasteiger partial charge in [0.1, 0.15) is 11.7 Å². The van der Waals surface area contributed by atoms with E-state index in [0.29, 0.717) is 0 Å². The summed E-state index contributed by atoms with van der Waals surface area (Å²) < 4.78 is 10.7. The van der Waals surface area contributed by atoms with Crippen LogP contribution in [-0.4, -0.2) is 23.6 Å². The third-order valence-corrected chi connectivity index (χ3v) is 4.11. The van der Waals surface area contributed by atoms with Crippen LogP contribution in [0, 0.1) is 0 Å². The van der Waals surface area contributed by atoms with Crippen molar-refractivity contribution in [1.82, 2.24) is 0 Å². The van der Waals surface area contributed by atoms with E-state index < -0.39 is 11.7 Å². The highest BCUT2D eigenvalue weighted by molar-refractivity contribution is 5.67. The van der Waals surface area contributed by atoms with Crippen molar-refractivity contribution in [2.45, 2.75) is 104 Å². The van der Waals surface area contributed by atoms with Crippen molar-refractivity contribution >= 4 is 11.9 Å². The van der Waals surface area contributed by atoms with E-state index in [2.05, 4.69) is 6.92 Å². The molecule has 0 aromatic rings. The summed E-state index contributed by atoms with van der Waals surface area (Å²) in [7, 11) is 0. The number of rotatable bonds is 12. The van der Waals surface area contributed by atoms with Gasteiger partial charge in [0.05, 0.1) is 0 Å². The maximum Gasteiger partial charge on any atom is 0.303 e. The number of esters is 2. The Kier molecular flexibility index (Phi) is 10.9. The van der Waals surface area contributed by atoms with Gasteiger partial charge in [0.15, 0.2) is 0 Å². The van der Waals surface area contributed by atoms with Gasteiger partial charge in [-0.25, -0.2) is 0 Å². The van der Waals surface area contributed by atoms with Gasteiger partial charge < -0.3 is 9.47 Å². The van der Waals surface area contributed by atoms with Crippen LogP contribution in [0.25, 0.3) is 0 Å². The monoisotopic (exact) mass is 314 g/mol. The third-order valence-electron chi connectivity index (χ3n) is 4.11. The van der Waals surface area contributed by atoms with Crippen LogP contribution in [0.4, 0.5) is 0 Å². The standard InChI is InChI=1S/C18H34O4/c1-6-7-8-9-10-11-12-13-14-18(5,22-17(4)20)15(2)21-16(3)19/h15H,6-14H2,1-5H3/t15-,18-/m1/s1. The van der Waals surface area contributed by atoms with Crippen molar-refractivity contribution in [3.8, 4) is 0 Å². The minimum absolute atomic E-state index is 0.332. The highest BCUT2D eigenvalue weighted by Gasteiger charge is 2.36. The fraction of sp³-hybridized carbons (Fsp3) is 0.889. The molecule has 0 aliphatic heterocycles. The summed E-state index contributed by atoms with van der Waals surface area (Å²) in [6.07, 6.45) is 10.1. The predicted molar refractivity (Wildman–Crippen MR) is 88.6 cm³/mol. The van der Waals surface area contributed by atoms with Gasteiger partial charge in [-0.2, -0.15) is 0 Å². The van der Waals surface area contributed by atoms with E-state index >= 15 is 0 Å². The molecule has 0 fully saturated rings. The fourth-order valence-electron chi connectivity index (χ4n) is 2.65. The van der Waals surface area contributed by atoms with Gasteiger partial charge >= 0.3 is 11.9 Å². The molecule has 0 unspecified atom stereocenters. The summed E-state index contributed by atoms with van der Waals surface area (Å²) in [4.78, 5) is 22.4. The zero-order chi connectivity index (χ0) is 17.0. The van der Waals surface area contributed by atoms with Crippen molar-refractivity contribution in [3.05, 3.63) is 0 Å². The maximum atomic E-state index is 11.3. The van der Waals surface area contributed by atoms with Crippen molar-refractivity contribution in [1.29, 1.82) is 0 Å². The van der Waals surface area contributed by atoms with Crippen molar-refractivity contribution in [2.24, 2.45) is 0 Å². The number of hydrogen-bond donors (Lipinski definition) is 0. The van der Waals surface area contributed by atoms with Gasteiger partial charge in [0.25, 0.3) is 0 Å². The molecule has 0 aromatic carbocycles. The number of ether oxygens (including phenoxy) is 2. The van der Waals surface area contributed by atoms with Gasteiger partial charge in [-0.05, 0) is 26.7 Å². The van der Waals surface area contributed by atoms with E-state index in [9.17, 15) is 9.59 Å². The van der Waals surface area contributed by atoms with Crippen LogP contribution in [0.15, 0.2) is 0 Å². The smallest absolute Gasteiger partial charge is 0.303 e.